The number of Topliss-reactive ketones (excluding diaryl/α,β-unsaturated/α-hetero) is 1. The number of anilines is 1. The number of sulfonamides is 1. The van der Waals surface area contributed by atoms with E-state index in [1.165, 1.54) is 7.05 Å². The van der Waals surface area contributed by atoms with E-state index in [1.807, 2.05) is 19.1 Å². The van der Waals surface area contributed by atoms with Gasteiger partial charge < -0.3 is 10.4 Å². The zero-order valence-electron chi connectivity index (χ0n) is 21.7. The second-order valence-corrected chi connectivity index (χ2v) is 15.6. The predicted octanol–water partition coefficient (Wildman–Crippen LogP) is 5.62. The molecule has 1 aliphatic carbocycles. The minimum Gasteiger partial charge on any atom is -0.506 e. The number of hydrogen-bond acceptors (Lipinski definition) is 9. The summed E-state index contributed by atoms with van der Waals surface area (Å²) >= 11 is 1.15. The predicted molar refractivity (Wildman–Crippen MR) is 150 cm³/mol. The molecule has 12 heteroatoms. The summed E-state index contributed by atoms with van der Waals surface area (Å²) in [4.78, 5) is 14.2. The van der Waals surface area contributed by atoms with Gasteiger partial charge in [-0.3, -0.25) is 13.9 Å². The van der Waals surface area contributed by atoms with Crippen molar-refractivity contribution in [2.24, 2.45) is 9.81 Å². The Morgan fingerprint density at radius 3 is 2.49 bits per heavy atom. The van der Waals surface area contributed by atoms with Gasteiger partial charge in [0, 0.05) is 24.7 Å². The molecule has 9 nitrogen and oxygen atoms in total. The molecule has 4 N–H and O–H groups in total. The average molecular weight is 568 g/mol. The average Bonchev–Trinajstić information content (AvgIpc) is 3.19. The molecule has 2 aromatic rings. The molecule has 0 fully saturated rings. The quantitative estimate of drug-likeness (QED) is 0.355. The van der Waals surface area contributed by atoms with Crippen LogP contribution in [0.25, 0.3) is 5.76 Å². The lowest BCUT2D eigenvalue weighted by Gasteiger charge is -2.39. The third kappa shape index (κ3) is 5.10. The number of benzene rings is 1. The maximum atomic E-state index is 14.1. The van der Waals surface area contributed by atoms with Gasteiger partial charge in [-0.25, -0.2) is 12.7 Å². The van der Waals surface area contributed by atoms with Crippen LogP contribution in [0.4, 0.5) is 5.00 Å². The largest absolute Gasteiger partial charge is 0.506 e. The van der Waals surface area contributed by atoms with Crippen molar-refractivity contribution in [3.8, 4) is 0 Å². The third-order valence-corrected chi connectivity index (χ3v) is 10.6. The van der Waals surface area contributed by atoms with Crippen molar-refractivity contribution in [3.05, 3.63) is 51.9 Å². The van der Waals surface area contributed by atoms with Gasteiger partial charge in [0.2, 0.25) is 10.0 Å². The summed E-state index contributed by atoms with van der Waals surface area (Å²) in [7, 11) is -5.90. The molecule has 4 rings (SSSR count). The summed E-state index contributed by atoms with van der Waals surface area (Å²) in [6, 6.07) is 7.19. The van der Waals surface area contributed by atoms with Gasteiger partial charge in [-0.2, -0.15) is 0 Å². The number of carbonyl (C=O) groups excluding carboxylic acids is 1. The number of ketones is 1. The van der Waals surface area contributed by atoms with Crippen LogP contribution in [0.15, 0.2) is 44.5 Å². The molecule has 1 atom stereocenters. The highest BCUT2D eigenvalue weighted by Gasteiger charge is 2.47. The molecule has 37 heavy (non-hydrogen) atoms. The molecule has 1 aliphatic heterocycles. The van der Waals surface area contributed by atoms with Gasteiger partial charge in [0.15, 0.2) is 11.6 Å². The van der Waals surface area contributed by atoms with E-state index >= 15 is 0 Å². The van der Waals surface area contributed by atoms with E-state index in [-0.39, 0.29) is 39.8 Å². The Bertz CT molecular complexity index is 1440. The number of hydrogen-bond donors (Lipinski definition) is 4. The Morgan fingerprint density at radius 2 is 1.86 bits per heavy atom. The van der Waals surface area contributed by atoms with Crippen molar-refractivity contribution in [2.45, 2.75) is 57.4 Å². The van der Waals surface area contributed by atoms with Crippen molar-refractivity contribution in [2.75, 3.05) is 18.6 Å². The SMILES string of the molecule is CN(Cc1csc2c1S(O)(O)N=C(C1=C(O)c3ccccc3[C@@](C)(CCC(C)(C)C)C1=O)N2)S(C)(=O)=O. The van der Waals surface area contributed by atoms with Gasteiger partial charge in [0.1, 0.15) is 21.2 Å². The minimum absolute atomic E-state index is 0.0287. The zero-order chi connectivity index (χ0) is 27.6. The molecule has 2 aliphatic rings. The third-order valence-electron chi connectivity index (χ3n) is 6.85. The standard InChI is InChI=1S/C25H33N3O6S3/c1-24(2,3)11-12-25(4)17-10-8-7-9-16(17)19(29)18(21(25)30)22-26-23-20(37(33,34)27-22)15(14-35-23)13-28(5)36(6,31)32/h7-10,14,29,33-34H,11-13H2,1-6H3,(H,26,27)/t25-/m1/s1. The summed E-state index contributed by atoms with van der Waals surface area (Å²) in [5.74, 6) is -0.741. The van der Waals surface area contributed by atoms with Crippen LogP contribution in [0.3, 0.4) is 0 Å². The van der Waals surface area contributed by atoms with E-state index in [2.05, 4.69) is 30.5 Å². The summed E-state index contributed by atoms with van der Waals surface area (Å²) < 4.78 is 51.1. The van der Waals surface area contributed by atoms with Crippen molar-refractivity contribution >= 4 is 54.5 Å². The topological polar surface area (TPSA) is 140 Å². The number of fused-ring (bicyclic) bond motifs is 2. The maximum Gasteiger partial charge on any atom is 0.211 e. The number of nitrogens with zero attached hydrogens (tertiary/aromatic N) is 2. The van der Waals surface area contributed by atoms with E-state index in [9.17, 15) is 27.4 Å². The molecular formula is C25H33N3O6S3. The van der Waals surface area contributed by atoms with Crippen LogP contribution in [-0.2, 0) is 26.8 Å². The first kappa shape index (κ1) is 27.8. The molecule has 0 amide bonds. The fourth-order valence-corrected chi connectivity index (χ4v) is 7.58. The van der Waals surface area contributed by atoms with Gasteiger partial charge in [-0.1, -0.05) is 55.8 Å². The lowest BCUT2D eigenvalue weighted by molar-refractivity contribution is -0.120. The second-order valence-electron chi connectivity index (χ2n) is 11.0. The summed E-state index contributed by atoms with van der Waals surface area (Å²) in [6.45, 7) is 8.08. The number of aliphatic hydroxyl groups is 1. The van der Waals surface area contributed by atoms with Gasteiger partial charge in [-0.15, -0.1) is 15.7 Å². The Morgan fingerprint density at radius 1 is 1.22 bits per heavy atom. The highest BCUT2D eigenvalue weighted by molar-refractivity contribution is 8.23. The molecule has 1 aromatic heterocycles. The monoisotopic (exact) mass is 567 g/mol. The maximum absolute atomic E-state index is 14.1. The summed E-state index contributed by atoms with van der Waals surface area (Å²) in [5.41, 5.74) is 0.538. The Kier molecular flexibility index (Phi) is 6.92. The van der Waals surface area contributed by atoms with Gasteiger partial charge in [-0.05, 0) is 36.1 Å². The van der Waals surface area contributed by atoms with E-state index in [0.29, 0.717) is 22.5 Å². The first-order valence-electron chi connectivity index (χ1n) is 11.7. The number of carbonyl (C=O) groups is 1. The smallest absolute Gasteiger partial charge is 0.211 e. The van der Waals surface area contributed by atoms with Crippen LogP contribution in [0.2, 0.25) is 0 Å². The molecule has 202 valence electrons. The van der Waals surface area contributed by atoms with Crippen LogP contribution in [0, 0.1) is 5.41 Å². The number of amidine groups is 1. The van der Waals surface area contributed by atoms with Crippen molar-refractivity contribution in [3.63, 3.8) is 0 Å². The number of rotatable bonds is 6. The van der Waals surface area contributed by atoms with Crippen molar-refractivity contribution in [1.82, 2.24) is 4.31 Å². The Labute approximate surface area is 223 Å². The summed E-state index contributed by atoms with van der Waals surface area (Å²) in [5, 5.41) is 16.2. The van der Waals surface area contributed by atoms with Crippen LogP contribution in [-0.4, -0.2) is 51.9 Å². The normalized spacial score (nSPS) is 22.3. The summed E-state index contributed by atoms with van der Waals surface area (Å²) in [6.07, 6.45) is 2.34. The molecule has 2 heterocycles. The lowest BCUT2D eigenvalue weighted by atomic mass is 9.65. The van der Waals surface area contributed by atoms with E-state index in [4.69, 9.17) is 0 Å². The van der Waals surface area contributed by atoms with Crippen LogP contribution >= 0.6 is 22.1 Å². The molecular weight excluding hydrogens is 534 g/mol. The van der Waals surface area contributed by atoms with Gasteiger partial charge in [0.05, 0.1) is 11.7 Å². The fourth-order valence-electron chi connectivity index (χ4n) is 4.55. The number of thiophene rings is 1. The van der Waals surface area contributed by atoms with Crippen molar-refractivity contribution < 1.29 is 27.4 Å². The lowest BCUT2D eigenvalue weighted by Crippen LogP contribution is -2.42. The molecule has 0 saturated heterocycles. The minimum atomic E-state index is -3.80. The van der Waals surface area contributed by atoms with E-state index < -0.39 is 26.2 Å². The molecule has 0 unspecified atom stereocenters. The molecule has 0 spiro atoms. The second kappa shape index (κ2) is 9.21. The Balaban J connectivity index is 1.80. The van der Waals surface area contributed by atoms with E-state index in [1.54, 1.807) is 17.5 Å². The van der Waals surface area contributed by atoms with Crippen molar-refractivity contribution in [1.29, 1.82) is 0 Å². The highest BCUT2D eigenvalue weighted by Crippen LogP contribution is 2.60. The number of aliphatic hydroxyl groups excluding tert-OH is 1. The Hall–Kier alpha value is -2.22. The first-order chi connectivity index (χ1) is 17.0. The first-order valence-corrected chi connectivity index (χ1v) is 15.9. The zero-order valence-corrected chi connectivity index (χ0v) is 24.1. The highest BCUT2D eigenvalue weighted by atomic mass is 32.3. The fraction of sp³-hybridized carbons (Fsp3) is 0.440. The molecule has 0 radical (unpaired) electrons. The number of nitrogens with one attached hydrogen (secondary N) is 1. The van der Waals surface area contributed by atoms with Gasteiger partial charge in [0.25, 0.3) is 0 Å². The van der Waals surface area contributed by atoms with Crippen LogP contribution < -0.4 is 5.32 Å². The molecule has 1 aromatic carbocycles. The van der Waals surface area contributed by atoms with Crippen LogP contribution in [0.1, 0.15) is 57.2 Å². The molecule has 0 saturated carbocycles. The van der Waals surface area contributed by atoms with Crippen LogP contribution in [0.5, 0.6) is 0 Å². The molecule has 0 bridgehead atoms. The van der Waals surface area contributed by atoms with Gasteiger partial charge >= 0.3 is 0 Å². The van der Waals surface area contributed by atoms with E-state index in [0.717, 1.165) is 33.9 Å².